The number of imidazole rings is 1. The van der Waals surface area contributed by atoms with Crippen molar-refractivity contribution in [2.45, 2.75) is 4.90 Å². The lowest BCUT2D eigenvalue weighted by Gasteiger charge is -2.13. The molecule has 184 valence electrons. The Hall–Kier alpha value is -4.17. The quantitative estimate of drug-likeness (QED) is 0.295. The molecule has 3 N–H and O–H groups in total. The molecule has 0 amide bonds. The second-order valence-electron chi connectivity index (χ2n) is 7.27. The molecule has 0 saturated heterocycles. The number of hydrogen-bond donors (Lipinski definition) is 3. The van der Waals surface area contributed by atoms with Gasteiger partial charge in [-0.3, -0.25) is 9.82 Å². The molecule has 0 spiro atoms. The maximum absolute atomic E-state index is 15.4. The molecule has 0 saturated carbocycles. The summed E-state index contributed by atoms with van der Waals surface area (Å²) in [7, 11) is -3.37. The summed E-state index contributed by atoms with van der Waals surface area (Å²) in [5, 5.41) is 6.79. The SMILES string of the molecule is COc1ncc(Cl)cc1S(=O)(=O)Nc1ncc(F)c(-c2ccc3c(-c4ncc[nH]4)n[nH]c3c2F)c1F. The normalized spacial score (nSPS) is 11.7. The number of halogens is 4. The molecule has 0 unspecified atom stereocenters. The number of fused-ring (bicyclic) bond motifs is 1. The largest absolute Gasteiger partial charge is 0.480 e. The number of pyridine rings is 2. The van der Waals surface area contributed by atoms with Gasteiger partial charge in [-0.15, -0.1) is 0 Å². The zero-order valence-electron chi connectivity index (χ0n) is 18.0. The van der Waals surface area contributed by atoms with Gasteiger partial charge >= 0.3 is 0 Å². The first-order valence-corrected chi connectivity index (χ1v) is 11.8. The van der Waals surface area contributed by atoms with Gasteiger partial charge < -0.3 is 9.72 Å². The van der Waals surface area contributed by atoms with E-state index < -0.39 is 49.3 Å². The average Bonchev–Trinajstić information content (AvgIpc) is 3.52. The Morgan fingerprint density at radius 2 is 1.89 bits per heavy atom. The molecule has 0 fully saturated rings. The predicted molar refractivity (Wildman–Crippen MR) is 123 cm³/mol. The molecule has 0 atom stereocenters. The van der Waals surface area contributed by atoms with E-state index in [9.17, 15) is 12.8 Å². The number of nitrogens with one attached hydrogen (secondary N) is 3. The van der Waals surface area contributed by atoms with Crippen LogP contribution in [-0.4, -0.2) is 45.7 Å². The third kappa shape index (κ3) is 3.89. The predicted octanol–water partition coefficient (Wildman–Crippen LogP) is 4.29. The Labute approximate surface area is 205 Å². The van der Waals surface area contributed by atoms with Crippen LogP contribution < -0.4 is 9.46 Å². The summed E-state index contributed by atoms with van der Waals surface area (Å²) < 4.78 is 78.2. The highest BCUT2D eigenvalue weighted by Crippen LogP contribution is 2.36. The van der Waals surface area contributed by atoms with E-state index in [1.165, 1.54) is 19.4 Å². The fourth-order valence-electron chi connectivity index (χ4n) is 3.54. The summed E-state index contributed by atoms with van der Waals surface area (Å²) in [4.78, 5) is 13.6. The van der Waals surface area contributed by atoms with Crippen molar-refractivity contribution >= 4 is 38.3 Å². The van der Waals surface area contributed by atoms with E-state index >= 15 is 8.78 Å². The molecule has 5 rings (SSSR count). The van der Waals surface area contributed by atoms with E-state index in [1.807, 2.05) is 4.72 Å². The summed E-state index contributed by atoms with van der Waals surface area (Å²) >= 11 is 5.83. The molecule has 10 nitrogen and oxygen atoms in total. The third-order valence-electron chi connectivity index (χ3n) is 5.14. The number of aromatic amines is 2. The van der Waals surface area contributed by atoms with Crippen LogP contribution in [0.3, 0.4) is 0 Å². The molecular weight excluding hydrogens is 523 g/mol. The van der Waals surface area contributed by atoms with Crippen LogP contribution in [0.4, 0.5) is 19.0 Å². The minimum Gasteiger partial charge on any atom is -0.480 e. The van der Waals surface area contributed by atoms with Gasteiger partial charge in [0.15, 0.2) is 34.0 Å². The van der Waals surface area contributed by atoms with Gasteiger partial charge in [0.2, 0.25) is 5.88 Å². The third-order valence-corrected chi connectivity index (χ3v) is 6.68. The lowest BCUT2D eigenvalue weighted by molar-refractivity contribution is 0.385. The van der Waals surface area contributed by atoms with Crippen molar-refractivity contribution in [2.75, 3.05) is 11.8 Å². The number of anilines is 1. The van der Waals surface area contributed by atoms with E-state index in [0.717, 1.165) is 18.3 Å². The molecule has 4 heterocycles. The number of ether oxygens (including phenoxy) is 1. The number of aromatic nitrogens is 6. The number of benzene rings is 1. The highest BCUT2D eigenvalue weighted by atomic mass is 35.5. The Balaban J connectivity index is 1.60. The second kappa shape index (κ2) is 8.80. The molecule has 0 radical (unpaired) electrons. The zero-order chi connectivity index (χ0) is 25.6. The van der Waals surface area contributed by atoms with Gasteiger partial charge in [-0.2, -0.15) is 5.10 Å². The van der Waals surface area contributed by atoms with Crippen LogP contribution in [0.15, 0.2) is 47.9 Å². The van der Waals surface area contributed by atoms with Crippen molar-refractivity contribution in [3.8, 4) is 28.5 Å². The Morgan fingerprint density at radius 3 is 2.61 bits per heavy atom. The van der Waals surface area contributed by atoms with Crippen molar-refractivity contribution in [1.29, 1.82) is 0 Å². The number of sulfonamides is 1. The summed E-state index contributed by atoms with van der Waals surface area (Å²) in [6.07, 6.45) is 4.76. The van der Waals surface area contributed by atoms with Gasteiger partial charge in [-0.1, -0.05) is 17.7 Å². The zero-order valence-corrected chi connectivity index (χ0v) is 19.5. The first-order valence-electron chi connectivity index (χ1n) is 9.94. The lowest BCUT2D eigenvalue weighted by atomic mass is 10.0. The summed E-state index contributed by atoms with van der Waals surface area (Å²) in [6.45, 7) is 0. The molecule has 0 aliphatic carbocycles. The molecule has 15 heteroatoms. The molecule has 4 aromatic heterocycles. The van der Waals surface area contributed by atoms with Crippen LogP contribution in [-0.2, 0) is 10.0 Å². The first-order chi connectivity index (χ1) is 17.2. The minimum absolute atomic E-state index is 0.0340. The van der Waals surface area contributed by atoms with E-state index in [2.05, 4.69) is 30.1 Å². The van der Waals surface area contributed by atoms with Crippen molar-refractivity contribution in [3.05, 3.63) is 65.5 Å². The topological polar surface area (TPSA) is 139 Å². The van der Waals surface area contributed by atoms with Crippen LogP contribution in [0.1, 0.15) is 0 Å². The van der Waals surface area contributed by atoms with E-state index in [4.69, 9.17) is 16.3 Å². The van der Waals surface area contributed by atoms with Gasteiger partial charge in [-0.25, -0.2) is 36.5 Å². The van der Waals surface area contributed by atoms with Gasteiger partial charge in [0.05, 0.1) is 23.9 Å². The van der Waals surface area contributed by atoms with Crippen molar-refractivity contribution in [3.63, 3.8) is 0 Å². The molecule has 5 aromatic rings. The molecule has 0 aliphatic heterocycles. The van der Waals surface area contributed by atoms with Crippen LogP contribution in [0, 0.1) is 17.5 Å². The lowest BCUT2D eigenvalue weighted by Crippen LogP contribution is -2.17. The maximum Gasteiger partial charge on any atom is 0.268 e. The first kappa shape index (κ1) is 23.6. The average molecular weight is 536 g/mol. The van der Waals surface area contributed by atoms with Crippen LogP contribution in [0.2, 0.25) is 5.02 Å². The Kier molecular flexibility index (Phi) is 5.76. The fraction of sp³-hybridized carbons (Fsp3) is 0.0476. The highest BCUT2D eigenvalue weighted by molar-refractivity contribution is 7.92. The second-order valence-corrected chi connectivity index (χ2v) is 9.36. The van der Waals surface area contributed by atoms with Gasteiger partial charge in [0.25, 0.3) is 10.0 Å². The van der Waals surface area contributed by atoms with Gasteiger partial charge in [0.1, 0.15) is 11.2 Å². The van der Waals surface area contributed by atoms with Crippen LogP contribution >= 0.6 is 11.6 Å². The van der Waals surface area contributed by atoms with Crippen molar-refractivity contribution in [1.82, 2.24) is 30.1 Å². The minimum atomic E-state index is -4.55. The highest BCUT2D eigenvalue weighted by Gasteiger charge is 2.27. The van der Waals surface area contributed by atoms with Crippen molar-refractivity contribution in [2.24, 2.45) is 0 Å². The van der Waals surface area contributed by atoms with E-state index in [0.29, 0.717) is 23.1 Å². The standard InChI is InChI=1S/C21H13ClF3N7O3S/c1-35-21-13(6-9(22)7-29-21)36(33,34)32-19-16(25)14(12(23)8-28-19)10-2-3-11-17(15(10)24)30-31-18(11)20-26-4-5-27-20/h2-8H,1H3,(H,26,27)(H,28,32)(H,30,31). The summed E-state index contributed by atoms with van der Waals surface area (Å²) in [5.41, 5.74) is -1.16. The smallest absolute Gasteiger partial charge is 0.268 e. The summed E-state index contributed by atoms with van der Waals surface area (Å²) in [5.74, 6) is -4.53. The number of nitrogens with zero attached hydrogens (tertiary/aromatic N) is 4. The van der Waals surface area contributed by atoms with Crippen molar-refractivity contribution < 1.29 is 26.3 Å². The molecular formula is C21H13ClF3N7O3S. The van der Waals surface area contributed by atoms with Crippen LogP contribution in [0.5, 0.6) is 5.88 Å². The Morgan fingerprint density at radius 1 is 1.08 bits per heavy atom. The summed E-state index contributed by atoms with van der Waals surface area (Å²) in [6, 6.07) is 3.57. The van der Waals surface area contributed by atoms with E-state index in [1.54, 1.807) is 6.20 Å². The van der Waals surface area contributed by atoms with Crippen LogP contribution in [0.25, 0.3) is 33.5 Å². The number of H-pyrrole nitrogens is 2. The fourth-order valence-corrected chi connectivity index (χ4v) is 4.92. The number of rotatable bonds is 6. The van der Waals surface area contributed by atoms with Gasteiger partial charge in [0, 0.05) is 29.5 Å². The maximum atomic E-state index is 15.4. The molecule has 1 aromatic carbocycles. The Bertz CT molecular complexity index is 1730. The van der Waals surface area contributed by atoms with E-state index in [-0.39, 0.29) is 16.4 Å². The molecule has 36 heavy (non-hydrogen) atoms. The number of hydrogen-bond acceptors (Lipinski definition) is 7. The van der Waals surface area contributed by atoms with Gasteiger partial charge in [-0.05, 0) is 12.1 Å². The number of methoxy groups -OCH3 is 1. The molecule has 0 bridgehead atoms. The molecule has 0 aliphatic rings. The monoisotopic (exact) mass is 535 g/mol.